The van der Waals surface area contributed by atoms with Crippen molar-refractivity contribution in [1.82, 2.24) is 5.32 Å². The second-order valence-electron chi connectivity index (χ2n) is 4.07. The zero-order valence-electron chi connectivity index (χ0n) is 10.3. The predicted octanol–water partition coefficient (Wildman–Crippen LogP) is 4.10. The number of halogens is 3. The molecular weight excluding hydrogens is 302 g/mol. The van der Waals surface area contributed by atoms with Gasteiger partial charge in [0, 0.05) is 17.3 Å². The van der Waals surface area contributed by atoms with E-state index in [1.165, 1.54) is 6.07 Å². The van der Waals surface area contributed by atoms with Crippen molar-refractivity contribution in [2.24, 2.45) is 0 Å². The lowest BCUT2D eigenvalue weighted by Crippen LogP contribution is -2.27. The monoisotopic (exact) mass is 312 g/mol. The Bertz CT molecular complexity index is 634. The van der Waals surface area contributed by atoms with Crippen molar-refractivity contribution in [2.45, 2.75) is 6.54 Å². The van der Waals surface area contributed by atoms with Crippen LogP contribution in [-0.2, 0) is 6.54 Å². The molecule has 0 spiro atoms. The third kappa shape index (κ3) is 4.15. The molecule has 0 saturated heterocycles. The Labute approximate surface area is 125 Å². The summed E-state index contributed by atoms with van der Waals surface area (Å²) in [5.41, 5.74) is 1.35. The maximum absolute atomic E-state index is 13.0. The van der Waals surface area contributed by atoms with Crippen molar-refractivity contribution in [3.63, 3.8) is 0 Å². The molecule has 0 unspecified atom stereocenters. The van der Waals surface area contributed by atoms with Gasteiger partial charge in [-0.25, -0.2) is 8.78 Å². The Morgan fingerprint density at radius 1 is 1.10 bits per heavy atom. The molecule has 0 aliphatic rings. The van der Waals surface area contributed by atoms with Crippen molar-refractivity contribution in [1.29, 1.82) is 0 Å². The molecule has 2 aromatic carbocycles. The minimum atomic E-state index is -0.877. The van der Waals surface area contributed by atoms with Gasteiger partial charge in [0.15, 0.2) is 16.7 Å². The zero-order valence-corrected chi connectivity index (χ0v) is 11.9. The third-order valence-corrected chi connectivity index (χ3v) is 3.00. The Kier molecular flexibility index (Phi) is 4.87. The highest BCUT2D eigenvalue weighted by Gasteiger charge is 2.03. The zero-order chi connectivity index (χ0) is 14.5. The van der Waals surface area contributed by atoms with Crippen LogP contribution in [0.25, 0.3) is 0 Å². The minimum absolute atomic E-state index is 0.295. The number of anilines is 1. The number of hydrogen-bond acceptors (Lipinski definition) is 1. The van der Waals surface area contributed by atoms with Gasteiger partial charge in [0.05, 0.1) is 0 Å². The van der Waals surface area contributed by atoms with Gasteiger partial charge >= 0.3 is 0 Å². The van der Waals surface area contributed by atoms with Crippen LogP contribution < -0.4 is 10.6 Å². The van der Waals surface area contributed by atoms with Gasteiger partial charge in [-0.15, -0.1) is 0 Å². The Balaban J connectivity index is 1.90. The molecule has 0 aliphatic carbocycles. The van der Waals surface area contributed by atoms with Gasteiger partial charge < -0.3 is 10.6 Å². The first kappa shape index (κ1) is 14.7. The van der Waals surface area contributed by atoms with Crippen molar-refractivity contribution in [3.8, 4) is 0 Å². The molecule has 0 heterocycles. The quantitative estimate of drug-likeness (QED) is 0.834. The molecule has 2 nitrogen and oxygen atoms in total. The lowest BCUT2D eigenvalue weighted by atomic mass is 10.2. The largest absolute Gasteiger partial charge is 0.358 e. The molecule has 6 heteroatoms. The average molecular weight is 313 g/mol. The van der Waals surface area contributed by atoms with Crippen LogP contribution in [0.3, 0.4) is 0 Å². The van der Waals surface area contributed by atoms with E-state index in [9.17, 15) is 8.78 Å². The van der Waals surface area contributed by atoms with Crippen LogP contribution in [-0.4, -0.2) is 5.11 Å². The van der Waals surface area contributed by atoms with Gasteiger partial charge in [-0.05, 0) is 48.1 Å². The first-order valence-electron chi connectivity index (χ1n) is 5.79. The Hall–Kier alpha value is -1.72. The first-order chi connectivity index (χ1) is 9.54. The fraction of sp³-hybridized carbons (Fsp3) is 0.0714. The summed E-state index contributed by atoms with van der Waals surface area (Å²) in [6.45, 7) is 0.295. The molecule has 20 heavy (non-hydrogen) atoms. The van der Waals surface area contributed by atoms with Gasteiger partial charge in [0.25, 0.3) is 0 Å². The number of thiocarbonyl (C=S) groups is 1. The second-order valence-corrected chi connectivity index (χ2v) is 4.91. The minimum Gasteiger partial charge on any atom is -0.358 e. The van der Waals surface area contributed by atoms with Crippen molar-refractivity contribution in [3.05, 3.63) is 64.7 Å². The van der Waals surface area contributed by atoms with Gasteiger partial charge in [0.1, 0.15) is 0 Å². The molecule has 0 radical (unpaired) electrons. The van der Waals surface area contributed by atoms with Gasteiger partial charge in [0.2, 0.25) is 0 Å². The number of rotatable bonds is 3. The van der Waals surface area contributed by atoms with Crippen LogP contribution >= 0.6 is 23.8 Å². The van der Waals surface area contributed by atoms with Crippen LogP contribution in [0.5, 0.6) is 0 Å². The summed E-state index contributed by atoms with van der Waals surface area (Å²) in [5.74, 6) is -1.74. The van der Waals surface area contributed by atoms with E-state index >= 15 is 0 Å². The molecule has 0 amide bonds. The molecule has 0 aromatic heterocycles. The van der Waals surface area contributed by atoms with E-state index < -0.39 is 11.6 Å². The van der Waals surface area contributed by atoms with Crippen LogP contribution in [0.1, 0.15) is 5.56 Å². The van der Waals surface area contributed by atoms with E-state index in [2.05, 4.69) is 10.6 Å². The van der Waals surface area contributed by atoms with Crippen LogP contribution in [0, 0.1) is 11.6 Å². The summed E-state index contributed by atoms with van der Waals surface area (Å²) in [7, 11) is 0. The number of benzene rings is 2. The SMILES string of the molecule is Fc1ccc(CNC(=S)Nc2cccc(Cl)c2)cc1F. The maximum atomic E-state index is 13.0. The van der Waals surface area contributed by atoms with E-state index in [0.717, 1.165) is 17.8 Å². The van der Waals surface area contributed by atoms with E-state index in [1.54, 1.807) is 18.2 Å². The summed E-state index contributed by atoms with van der Waals surface area (Å²) in [4.78, 5) is 0. The normalized spacial score (nSPS) is 10.2. The van der Waals surface area contributed by atoms with E-state index in [0.29, 0.717) is 22.2 Å². The van der Waals surface area contributed by atoms with Crippen molar-refractivity contribution < 1.29 is 8.78 Å². The first-order valence-corrected chi connectivity index (χ1v) is 6.57. The van der Waals surface area contributed by atoms with E-state index in [-0.39, 0.29) is 0 Å². The van der Waals surface area contributed by atoms with Crippen molar-refractivity contribution in [2.75, 3.05) is 5.32 Å². The average Bonchev–Trinajstić information content (AvgIpc) is 2.40. The molecule has 0 bridgehead atoms. The molecule has 0 saturated carbocycles. The lowest BCUT2D eigenvalue weighted by molar-refractivity contribution is 0.507. The summed E-state index contributed by atoms with van der Waals surface area (Å²) >= 11 is 11.0. The molecule has 0 aliphatic heterocycles. The van der Waals surface area contributed by atoms with Crippen molar-refractivity contribution >= 4 is 34.6 Å². The number of hydrogen-bond donors (Lipinski definition) is 2. The fourth-order valence-electron chi connectivity index (χ4n) is 1.57. The van der Waals surface area contributed by atoms with Gasteiger partial charge in [-0.2, -0.15) is 0 Å². The van der Waals surface area contributed by atoms with Gasteiger partial charge in [-0.3, -0.25) is 0 Å². The molecule has 0 atom stereocenters. The van der Waals surface area contributed by atoms with E-state index in [1.807, 2.05) is 6.07 Å². The highest BCUT2D eigenvalue weighted by atomic mass is 35.5. The van der Waals surface area contributed by atoms with Crippen LogP contribution in [0.2, 0.25) is 5.02 Å². The molecule has 2 aromatic rings. The Morgan fingerprint density at radius 3 is 2.60 bits per heavy atom. The summed E-state index contributed by atoms with van der Waals surface area (Å²) in [5, 5.41) is 6.82. The summed E-state index contributed by atoms with van der Waals surface area (Å²) in [6, 6.07) is 10.8. The van der Waals surface area contributed by atoms with Crippen LogP contribution in [0.4, 0.5) is 14.5 Å². The van der Waals surface area contributed by atoms with Crippen LogP contribution in [0.15, 0.2) is 42.5 Å². The summed E-state index contributed by atoms with van der Waals surface area (Å²) < 4.78 is 25.8. The fourth-order valence-corrected chi connectivity index (χ4v) is 1.95. The molecular formula is C14H11ClF2N2S. The smallest absolute Gasteiger partial charge is 0.171 e. The molecule has 2 N–H and O–H groups in total. The second kappa shape index (κ2) is 6.63. The lowest BCUT2D eigenvalue weighted by Gasteiger charge is -2.11. The van der Waals surface area contributed by atoms with E-state index in [4.69, 9.17) is 23.8 Å². The predicted molar refractivity (Wildman–Crippen MR) is 80.9 cm³/mol. The highest BCUT2D eigenvalue weighted by molar-refractivity contribution is 7.80. The highest BCUT2D eigenvalue weighted by Crippen LogP contribution is 2.14. The Morgan fingerprint density at radius 2 is 1.90 bits per heavy atom. The standard InChI is InChI=1S/C14H11ClF2N2S/c15-10-2-1-3-11(7-10)19-14(20)18-8-9-4-5-12(16)13(17)6-9/h1-7H,8H2,(H2,18,19,20). The molecule has 104 valence electrons. The maximum Gasteiger partial charge on any atom is 0.171 e. The number of nitrogens with one attached hydrogen (secondary N) is 2. The topological polar surface area (TPSA) is 24.1 Å². The van der Waals surface area contributed by atoms with Gasteiger partial charge in [-0.1, -0.05) is 23.7 Å². The molecule has 2 rings (SSSR count). The summed E-state index contributed by atoms with van der Waals surface area (Å²) in [6.07, 6.45) is 0. The molecule has 0 fully saturated rings. The third-order valence-electron chi connectivity index (χ3n) is 2.52.